The van der Waals surface area contributed by atoms with Crippen LogP contribution in [0.3, 0.4) is 0 Å². The summed E-state index contributed by atoms with van der Waals surface area (Å²) in [7, 11) is 0. The Morgan fingerprint density at radius 1 is 1.03 bits per heavy atom. The largest absolute Gasteiger partial charge is 0.342 e. The van der Waals surface area contributed by atoms with E-state index in [9.17, 15) is 14.0 Å². The van der Waals surface area contributed by atoms with E-state index in [1.165, 1.54) is 23.1 Å². The van der Waals surface area contributed by atoms with Crippen LogP contribution in [0.1, 0.15) is 42.7 Å². The number of hydrogen-bond acceptors (Lipinski definition) is 5. The van der Waals surface area contributed by atoms with Gasteiger partial charge in [-0.25, -0.2) is 14.1 Å². The van der Waals surface area contributed by atoms with E-state index < -0.39 is 0 Å². The van der Waals surface area contributed by atoms with Crippen molar-refractivity contribution in [2.75, 3.05) is 39.3 Å². The fourth-order valence-electron chi connectivity index (χ4n) is 5.06. The molecule has 8 nitrogen and oxygen atoms in total. The highest BCUT2D eigenvalue weighted by Crippen LogP contribution is 2.38. The molecule has 1 atom stereocenters. The van der Waals surface area contributed by atoms with Crippen LogP contribution in [0.2, 0.25) is 0 Å². The van der Waals surface area contributed by atoms with E-state index in [0.29, 0.717) is 25.3 Å². The summed E-state index contributed by atoms with van der Waals surface area (Å²) in [6, 6.07) is 6.02. The molecule has 31 heavy (non-hydrogen) atoms. The Hall–Kier alpha value is -2.81. The Morgan fingerprint density at radius 2 is 1.84 bits per heavy atom. The van der Waals surface area contributed by atoms with E-state index in [4.69, 9.17) is 0 Å². The topological polar surface area (TPSA) is 74.6 Å². The van der Waals surface area contributed by atoms with Gasteiger partial charge in [0.1, 0.15) is 12.1 Å². The molecule has 3 aliphatic rings. The number of halogens is 1. The van der Waals surface area contributed by atoms with Crippen molar-refractivity contribution < 1.29 is 14.0 Å². The second kappa shape index (κ2) is 8.03. The van der Waals surface area contributed by atoms with Gasteiger partial charge in [-0.2, -0.15) is 0 Å². The smallest absolute Gasteiger partial charge is 0.293 e. The van der Waals surface area contributed by atoms with Crippen LogP contribution in [0.5, 0.6) is 0 Å². The first kappa shape index (κ1) is 20.1. The van der Waals surface area contributed by atoms with Gasteiger partial charge in [-0.3, -0.25) is 14.5 Å². The lowest BCUT2D eigenvalue weighted by atomic mass is 9.77. The molecule has 3 fully saturated rings. The maximum atomic E-state index is 13.5. The van der Waals surface area contributed by atoms with Gasteiger partial charge in [-0.05, 0) is 50.3 Å². The normalized spacial score (nSPS) is 23.9. The van der Waals surface area contributed by atoms with Crippen LogP contribution in [0.15, 0.2) is 30.6 Å². The summed E-state index contributed by atoms with van der Waals surface area (Å²) in [4.78, 5) is 35.9. The van der Waals surface area contributed by atoms with Gasteiger partial charge < -0.3 is 9.80 Å². The zero-order valence-electron chi connectivity index (χ0n) is 17.5. The lowest BCUT2D eigenvalue weighted by Crippen LogP contribution is -2.68. The van der Waals surface area contributed by atoms with Crippen molar-refractivity contribution in [1.29, 1.82) is 0 Å². The minimum absolute atomic E-state index is 0.111. The van der Waals surface area contributed by atoms with Gasteiger partial charge in [-0.15, -0.1) is 5.10 Å². The predicted molar refractivity (Wildman–Crippen MR) is 111 cm³/mol. The molecule has 0 aliphatic carbocycles. The monoisotopic (exact) mass is 426 g/mol. The fraction of sp³-hybridized carbons (Fsp3) is 0.545. The predicted octanol–water partition coefficient (Wildman–Crippen LogP) is 1.71. The van der Waals surface area contributed by atoms with Gasteiger partial charge in [0.25, 0.3) is 5.91 Å². The molecule has 2 aromatic rings. The van der Waals surface area contributed by atoms with Crippen LogP contribution in [-0.4, -0.2) is 86.1 Å². The molecule has 164 valence electrons. The van der Waals surface area contributed by atoms with Gasteiger partial charge in [-0.1, -0.05) is 6.07 Å². The van der Waals surface area contributed by atoms with Crippen LogP contribution < -0.4 is 0 Å². The number of carbonyl (C=O) groups excluding carboxylic acids is 2. The molecule has 0 saturated carbocycles. The van der Waals surface area contributed by atoms with E-state index in [1.54, 1.807) is 17.0 Å². The molecule has 5 rings (SSSR count). The number of aromatic nitrogens is 3. The first-order valence-corrected chi connectivity index (χ1v) is 11.0. The van der Waals surface area contributed by atoms with Gasteiger partial charge in [0.15, 0.2) is 0 Å². The summed E-state index contributed by atoms with van der Waals surface area (Å²) in [5, 5.41) is 4.28. The van der Waals surface area contributed by atoms with Gasteiger partial charge in [0, 0.05) is 38.3 Å². The molecule has 0 bridgehead atoms. The number of benzene rings is 1. The Kier molecular flexibility index (Phi) is 5.21. The maximum absolute atomic E-state index is 13.5. The third-order valence-electron chi connectivity index (χ3n) is 6.90. The van der Waals surface area contributed by atoms with Crippen molar-refractivity contribution in [3.8, 4) is 5.69 Å². The van der Waals surface area contributed by atoms with Gasteiger partial charge >= 0.3 is 0 Å². The summed E-state index contributed by atoms with van der Waals surface area (Å²) in [5.74, 6) is -0.268. The number of likely N-dealkylation sites (tertiary alicyclic amines) is 3. The van der Waals surface area contributed by atoms with Gasteiger partial charge in [0.05, 0.1) is 12.2 Å². The summed E-state index contributed by atoms with van der Waals surface area (Å²) in [6.07, 6.45) is 6.50. The zero-order valence-corrected chi connectivity index (χ0v) is 17.5. The standard InChI is InChI=1S/C22H27FN6O2/c23-17-5-3-6-18(13-17)29-16-24-20(25-29)21(31)27-11-4-7-22(15-27)8-12-28(22)14-19(30)26-9-1-2-10-26/h3,5-6,13,16H,1-2,4,7-12,14-15H2. The lowest BCUT2D eigenvalue weighted by Gasteiger charge is -2.57. The minimum Gasteiger partial charge on any atom is -0.342 e. The van der Waals surface area contributed by atoms with E-state index in [0.717, 1.165) is 51.7 Å². The number of piperidine rings is 1. The molecular weight excluding hydrogens is 399 g/mol. The molecule has 9 heteroatoms. The van der Waals surface area contributed by atoms with E-state index in [-0.39, 0.29) is 29.0 Å². The van der Waals surface area contributed by atoms with Crippen LogP contribution in [0.25, 0.3) is 5.69 Å². The zero-order chi connectivity index (χ0) is 21.4. The van der Waals surface area contributed by atoms with Crippen molar-refractivity contribution in [2.24, 2.45) is 0 Å². The van der Waals surface area contributed by atoms with Crippen molar-refractivity contribution in [1.82, 2.24) is 29.5 Å². The number of amides is 2. The molecule has 0 radical (unpaired) electrons. The van der Waals surface area contributed by atoms with Crippen LogP contribution in [-0.2, 0) is 4.79 Å². The van der Waals surface area contributed by atoms with Crippen LogP contribution >= 0.6 is 0 Å². The molecule has 0 N–H and O–H groups in total. The lowest BCUT2D eigenvalue weighted by molar-refractivity contribution is -0.138. The Labute approximate surface area is 180 Å². The second-order valence-electron chi connectivity index (χ2n) is 8.81. The van der Waals surface area contributed by atoms with Gasteiger partial charge in [0.2, 0.25) is 11.7 Å². The third kappa shape index (κ3) is 3.82. The molecule has 2 amide bonds. The van der Waals surface area contributed by atoms with Crippen molar-refractivity contribution in [2.45, 2.75) is 37.6 Å². The van der Waals surface area contributed by atoms with E-state index in [2.05, 4.69) is 15.0 Å². The second-order valence-corrected chi connectivity index (χ2v) is 8.81. The average Bonchev–Trinajstić information content (AvgIpc) is 3.49. The SMILES string of the molecule is O=C(CN1CCC12CCCN(C(=O)c1ncn(-c3cccc(F)c3)n1)C2)N1CCCC1. The average molecular weight is 426 g/mol. The summed E-state index contributed by atoms with van der Waals surface area (Å²) < 4.78 is 14.9. The summed E-state index contributed by atoms with van der Waals surface area (Å²) >= 11 is 0. The molecule has 3 saturated heterocycles. The molecular formula is C22H27FN6O2. The molecule has 1 unspecified atom stereocenters. The molecule has 4 heterocycles. The quantitative estimate of drug-likeness (QED) is 0.744. The first-order valence-electron chi connectivity index (χ1n) is 11.0. The van der Waals surface area contributed by atoms with Crippen molar-refractivity contribution in [3.05, 3.63) is 42.2 Å². The fourth-order valence-corrected chi connectivity index (χ4v) is 5.06. The molecule has 1 aromatic carbocycles. The summed E-state index contributed by atoms with van der Waals surface area (Å²) in [5.41, 5.74) is 0.404. The number of rotatable bonds is 4. The molecule has 3 aliphatic heterocycles. The minimum atomic E-state index is -0.368. The van der Waals surface area contributed by atoms with Crippen LogP contribution in [0, 0.1) is 5.82 Å². The Bertz CT molecular complexity index is 988. The Balaban J connectivity index is 1.26. The first-order chi connectivity index (χ1) is 15.0. The van der Waals surface area contributed by atoms with E-state index >= 15 is 0 Å². The molecule has 1 aromatic heterocycles. The summed E-state index contributed by atoms with van der Waals surface area (Å²) in [6.45, 7) is 4.31. The van der Waals surface area contributed by atoms with Crippen LogP contribution in [0.4, 0.5) is 4.39 Å². The highest BCUT2D eigenvalue weighted by molar-refractivity contribution is 5.90. The molecule has 1 spiro atoms. The van der Waals surface area contributed by atoms with Crippen molar-refractivity contribution in [3.63, 3.8) is 0 Å². The number of carbonyl (C=O) groups is 2. The number of nitrogens with zero attached hydrogens (tertiary/aromatic N) is 6. The highest BCUT2D eigenvalue weighted by atomic mass is 19.1. The third-order valence-corrected chi connectivity index (χ3v) is 6.90. The maximum Gasteiger partial charge on any atom is 0.293 e. The van der Waals surface area contributed by atoms with Crippen molar-refractivity contribution >= 4 is 11.8 Å². The highest BCUT2D eigenvalue weighted by Gasteiger charge is 2.49. The Morgan fingerprint density at radius 3 is 2.58 bits per heavy atom. The van der Waals surface area contributed by atoms with E-state index in [1.807, 2.05) is 4.90 Å². The number of hydrogen-bond donors (Lipinski definition) is 0.